The number of benzene rings is 2. The Balaban J connectivity index is 1.44. The third-order valence-electron chi connectivity index (χ3n) is 4.96. The van der Waals surface area contributed by atoms with Crippen molar-refractivity contribution in [1.82, 2.24) is 9.62 Å². The molecule has 1 aliphatic rings. The van der Waals surface area contributed by atoms with Crippen molar-refractivity contribution in [3.63, 3.8) is 0 Å². The van der Waals surface area contributed by atoms with E-state index in [4.69, 9.17) is 0 Å². The first-order valence-electron chi connectivity index (χ1n) is 9.48. The number of hydrogen-bond donors (Lipinski definition) is 1. The Morgan fingerprint density at radius 1 is 1.00 bits per heavy atom. The second-order valence-corrected chi connectivity index (χ2v) is 9.08. The van der Waals surface area contributed by atoms with Gasteiger partial charge in [-0.25, -0.2) is 17.1 Å². The highest BCUT2D eigenvalue weighted by Gasteiger charge is 2.28. The molecule has 0 unspecified atom stereocenters. The van der Waals surface area contributed by atoms with Gasteiger partial charge in [0, 0.05) is 25.6 Å². The van der Waals surface area contributed by atoms with Gasteiger partial charge in [0.25, 0.3) is 0 Å². The normalized spacial score (nSPS) is 16.0. The second kappa shape index (κ2) is 9.30. The molecule has 28 heavy (non-hydrogen) atoms. The van der Waals surface area contributed by atoms with Gasteiger partial charge in [-0.15, -0.1) is 0 Å². The number of rotatable bonds is 7. The Morgan fingerprint density at radius 2 is 1.64 bits per heavy atom. The molecule has 2 aromatic rings. The summed E-state index contributed by atoms with van der Waals surface area (Å²) in [5.41, 5.74) is 1.69. The van der Waals surface area contributed by atoms with Crippen LogP contribution in [0.25, 0.3) is 0 Å². The highest BCUT2D eigenvalue weighted by molar-refractivity contribution is 7.88. The Hall–Kier alpha value is -2.25. The zero-order valence-corrected chi connectivity index (χ0v) is 16.5. The number of piperidine rings is 1. The molecule has 5 nitrogen and oxygen atoms in total. The van der Waals surface area contributed by atoms with Crippen molar-refractivity contribution in [3.05, 3.63) is 71.5 Å². The number of sulfonamides is 1. The van der Waals surface area contributed by atoms with Crippen LogP contribution < -0.4 is 5.32 Å². The second-order valence-electron chi connectivity index (χ2n) is 7.11. The molecule has 0 spiro atoms. The van der Waals surface area contributed by atoms with Crippen molar-refractivity contribution in [3.8, 4) is 0 Å². The topological polar surface area (TPSA) is 66.5 Å². The minimum absolute atomic E-state index is 0.000504. The number of halogens is 1. The van der Waals surface area contributed by atoms with Gasteiger partial charge in [0.2, 0.25) is 15.9 Å². The van der Waals surface area contributed by atoms with E-state index in [1.54, 1.807) is 0 Å². The molecule has 0 radical (unpaired) electrons. The van der Waals surface area contributed by atoms with E-state index in [-0.39, 0.29) is 23.5 Å². The first-order chi connectivity index (χ1) is 13.4. The van der Waals surface area contributed by atoms with Crippen LogP contribution in [0.2, 0.25) is 0 Å². The molecule has 7 heteroatoms. The molecular formula is C21H25FN2O3S. The molecule has 0 atom stereocenters. The average Bonchev–Trinajstić information content (AvgIpc) is 2.69. The van der Waals surface area contributed by atoms with E-state index < -0.39 is 10.0 Å². The van der Waals surface area contributed by atoms with Crippen molar-refractivity contribution >= 4 is 15.9 Å². The lowest BCUT2D eigenvalue weighted by Crippen LogP contribution is -2.46. The Morgan fingerprint density at radius 3 is 2.29 bits per heavy atom. The molecule has 1 fully saturated rings. The van der Waals surface area contributed by atoms with E-state index in [1.165, 1.54) is 28.6 Å². The van der Waals surface area contributed by atoms with Crippen molar-refractivity contribution in [2.45, 2.75) is 37.5 Å². The SMILES string of the molecule is O=C(CCc1ccccc1)NC1CCN(S(=O)(=O)Cc2ccc(F)cc2)CC1. The lowest BCUT2D eigenvalue weighted by molar-refractivity contribution is -0.122. The summed E-state index contributed by atoms with van der Waals surface area (Å²) in [6, 6.07) is 15.4. The highest BCUT2D eigenvalue weighted by atomic mass is 32.2. The molecule has 0 saturated carbocycles. The quantitative estimate of drug-likeness (QED) is 0.772. The summed E-state index contributed by atoms with van der Waals surface area (Å²) in [5.74, 6) is -0.525. The lowest BCUT2D eigenvalue weighted by atomic mass is 10.1. The van der Waals surface area contributed by atoms with Crippen LogP contribution in [0.3, 0.4) is 0 Å². The Kier molecular flexibility index (Phi) is 6.80. The Labute approximate surface area is 165 Å². The summed E-state index contributed by atoms with van der Waals surface area (Å²) < 4.78 is 39.6. The van der Waals surface area contributed by atoms with Gasteiger partial charge in [-0.1, -0.05) is 42.5 Å². The summed E-state index contributed by atoms with van der Waals surface area (Å²) in [6.45, 7) is 0.764. The standard InChI is InChI=1S/C21H25FN2O3S/c22-19-9-6-18(7-10-19)16-28(26,27)24-14-12-20(13-15-24)23-21(25)11-8-17-4-2-1-3-5-17/h1-7,9-10,20H,8,11-16H2,(H,23,25). The van der Waals surface area contributed by atoms with Gasteiger partial charge in [0.1, 0.15) is 5.82 Å². The molecule has 0 aliphatic carbocycles. The number of carbonyl (C=O) groups is 1. The van der Waals surface area contributed by atoms with Gasteiger partial charge in [-0.2, -0.15) is 0 Å². The predicted octanol–water partition coefficient (Wildman–Crippen LogP) is 2.87. The number of hydrogen-bond acceptors (Lipinski definition) is 3. The van der Waals surface area contributed by atoms with E-state index in [9.17, 15) is 17.6 Å². The summed E-state index contributed by atoms with van der Waals surface area (Å²) in [6.07, 6.45) is 2.31. The summed E-state index contributed by atoms with van der Waals surface area (Å²) in [5, 5.41) is 3.01. The average molecular weight is 405 g/mol. The van der Waals surface area contributed by atoms with Crippen LogP contribution in [0.15, 0.2) is 54.6 Å². The van der Waals surface area contributed by atoms with Gasteiger partial charge >= 0.3 is 0 Å². The van der Waals surface area contributed by atoms with Crippen molar-refractivity contribution in [1.29, 1.82) is 0 Å². The molecule has 1 heterocycles. The smallest absolute Gasteiger partial charge is 0.220 e. The van der Waals surface area contributed by atoms with Gasteiger partial charge in [0.05, 0.1) is 5.75 Å². The highest BCUT2D eigenvalue weighted by Crippen LogP contribution is 2.18. The number of amides is 1. The fourth-order valence-electron chi connectivity index (χ4n) is 3.36. The maximum absolute atomic E-state index is 13.0. The number of carbonyl (C=O) groups excluding carboxylic acids is 1. The predicted molar refractivity (Wildman–Crippen MR) is 107 cm³/mol. The first-order valence-corrected chi connectivity index (χ1v) is 11.1. The minimum atomic E-state index is -3.45. The number of aryl methyl sites for hydroxylation is 1. The largest absolute Gasteiger partial charge is 0.353 e. The zero-order valence-electron chi connectivity index (χ0n) is 15.7. The zero-order chi connectivity index (χ0) is 20.0. The molecule has 1 saturated heterocycles. The molecule has 2 aromatic carbocycles. The van der Waals surface area contributed by atoms with E-state index in [0.717, 1.165) is 5.56 Å². The van der Waals surface area contributed by atoms with Crippen LogP contribution in [0.1, 0.15) is 30.4 Å². The van der Waals surface area contributed by atoms with Gasteiger partial charge < -0.3 is 5.32 Å². The number of nitrogens with zero attached hydrogens (tertiary/aromatic N) is 1. The molecule has 150 valence electrons. The van der Waals surface area contributed by atoms with Crippen LogP contribution >= 0.6 is 0 Å². The van der Waals surface area contributed by atoms with Gasteiger partial charge in [-0.05, 0) is 42.5 Å². The molecule has 1 amide bonds. The van der Waals surface area contributed by atoms with E-state index in [2.05, 4.69) is 5.32 Å². The summed E-state index contributed by atoms with van der Waals surface area (Å²) in [4.78, 5) is 12.2. The van der Waals surface area contributed by atoms with Gasteiger partial charge in [-0.3, -0.25) is 4.79 Å². The summed E-state index contributed by atoms with van der Waals surface area (Å²) >= 11 is 0. The lowest BCUT2D eigenvalue weighted by Gasteiger charge is -2.31. The van der Waals surface area contributed by atoms with Crippen molar-refractivity contribution < 1.29 is 17.6 Å². The van der Waals surface area contributed by atoms with E-state index >= 15 is 0 Å². The van der Waals surface area contributed by atoms with Crippen LogP contribution in [0.4, 0.5) is 4.39 Å². The third-order valence-corrected chi connectivity index (χ3v) is 6.81. The molecule has 0 bridgehead atoms. The van der Waals surface area contributed by atoms with Crippen LogP contribution in [0.5, 0.6) is 0 Å². The van der Waals surface area contributed by atoms with Crippen molar-refractivity contribution in [2.75, 3.05) is 13.1 Å². The van der Waals surface area contributed by atoms with E-state index in [1.807, 2.05) is 30.3 Å². The third kappa shape index (κ3) is 5.87. The number of nitrogens with one attached hydrogen (secondary N) is 1. The maximum atomic E-state index is 13.0. The Bertz CT molecular complexity index is 878. The fraction of sp³-hybridized carbons (Fsp3) is 0.381. The molecule has 1 aliphatic heterocycles. The van der Waals surface area contributed by atoms with Crippen LogP contribution in [-0.4, -0.2) is 37.8 Å². The molecule has 0 aromatic heterocycles. The van der Waals surface area contributed by atoms with Crippen LogP contribution in [0, 0.1) is 5.82 Å². The molecular weight excluding hydrogens is 379 g/mol. The van der Waals surface area contributed by atoms with E-state index in [0.29, 0.717) is 44.3 Å². The summed E-state index contributed by atoms with van der Waals surface area (Å²) in [7, 11) is -3.45. The van der Waals surface area contributed by atoms with Crippen LogP contribution in [-0.2, 0) is 27.0 Å². The minimum Gasteiger partial charge on any atom is -0.353 e. The maximum Gasteiger partial charge on any atom is 0.220 e. The molecule has 3 rings (SSSR count). The van der Waals surface area contributed by atoms with Crippen molar-refractivity contribution in [2.24, 2.45) is 0 Å². The fourth-order valence-corrected chi connectivity index (χ4v) is 4.93. The monoisotopic (exact) mass is 404 g/mol. The molecule has 1 N–H and O–H groups in total. The van der Waals surface area contributed by atoms with Gasteiger partial charge in [0.15, 0.2) is 0 Å². The first kappa shape index (κ1) is 20.5.